The lowest BCUT2D eigenvalue weighted by molar-refractivity contribution is 0.0540. The van der Waals surface area contributed by atoms with Crippen molar-refractivity contribution in [1.29, 1.82) is 0 Å². The molecule has 2 aromatic carbocycles. The number of methoxy groups -OCH3 is 2. The Hall–Kier alpha value is -2.08. The zero-order valence-corrected chi connectivity index (χ0v) is 15.9. The van der Waals surface area contributed by atoms with E-state index < -0.39 is 6.10 Å². The number of aliphatic hydroxyl groups is 1. The summed E-state index contributed by atoms with van der Waals surface area (Å²) < 4.78 is 16.2. The fourth-order valence-electron chi connectivity index (χ4n) is 2.74. The fraction of sp³-hybridized carbons (Fsp3) is 0.429. The van der Waals surface area contributed by atoms with Crippen LogP contribution in [0.3, 0.4) is 0 Å². The Labute approximate surface area is 156 Å². The molecule has 0 saturated heterocycles. The second-order valence-corrected chi connectivity index (χ2v) is 6.31. The maximum absolute atomic E-state index is 10.4. The molecule has 0 heterocycles. The Bertz CT molecular complexity index is 662. The molecule has 0 amide bonds. The van der Waals surface area contributed by atoms with Crippen LogP contribution >= 0.6 is 0 Å². The zero-order valence-electron chi connectivity index (χ0n) is 15.9. The van der Waals surface area contributed by atoms with Gasteiger partial charge < -0.3 is 19.3 Å². The van der Waals surface area contributed by atoms with Crippen LogP contribution in [0.1, 0.15) is 11.1 Å². The highest BCUT2D eigenvalue weighted by molar-refractivity contribution is 5.31. The third kappa shape index (κ3) is 6.67. The topological polar surface area (TPSA) is 51.2 Å². The van der Waals surface area contributed by atoms with Crippen molar-refractivity contribution in [1.82, 2.24) is 4.90 Å². The molecule has 5 nitrogen and oxygen atoms in total. The minimum Gasteiger partial charge on any atom is -0.497 e. The van der Waals surface area contributed by atoms with Crippen molar-refractivity contribution in [3.63, 3.8) is 0 Å². The molecular weight excluding hydrogens is 330 g/mol. The van der Waals surface area contributed by atoms with Crippen LogP contribution in [-0.4, -0.2) is 56.6 Å². The van der Waals surface area contributed by atoms with Crippen molar-refractivity contribution < 1.29 is 19.3 Å². The molecule has 0 radical (unpaired) electrons. The first-order valence-corrected chi connectivity index (χ1v) is 8.83. The Kier molecular flexibility index (Phi) is 8.41. The maximum Gasteiger partial charge on any atom is 0.122 e. The fourth-order valence-corrected chi connectivity index (χ4v) is 2.74. The van der Waals surface area contributed by atoms with Crippen LogP contribution in [0.5, 0.6) is 11.5 Å². The van der Waals surface area contributed by atoms with Crippen molar-refractivity contribution in [3.8, 4) is 11.5 Å². The molecule has 2 aromatic rings. The average Bonchev–Trinajstić information content (AvgIpc) is 2.65. The molecule has 1 N–H and O–H groups in total. The second kappa shape index (κ2) is 10.8. The van der Waals surface area contributed by atoms with Crippen molar-refractivity contribution in [2.75, 3.05) is 40.5 Å². The SMILES string of the molecule is COCCN(Cc1cccc(OC)c1)C[C@H](O)COc1ccccc1C. The molecule has 0 aliphatic carbocycles. The Morgan fingerprint density at radius 1 is 1.08 bits per heavy atom. The third-order valence-electron chi connectivity index (χ3n) is 4.15. The normalized spacial score (nSPS) is 12.2. The van der Waals surface area contributed by atoms with E-state index in [2.05, 4.69) is 11.0 Å². The number of rotatable bonds is 11. The van der Waals surface area contributed by atoms with E-state index in [0.717, 1.165) is 29.2 Å². The highest BCUT2D eigenvalue weighted by Crippen LogP contribution is 2.17. The third-order valence-corrected chi connectivity index (χ3v) is 4.15. The number of nitrogens with zero attached hydrogens (tertiary/aromatic N) is 1. The molecule has 0 spiro atoms. The summed E-state index contributed by atoms with van der Waals surface area (Å²) in [6, 6.07) is 15.8. The lowest BCUT2D eigenvalue weighted by Gasteiger charge is -2.25. The van der Waals surface area contributed by atoms with Gasteiger partial charge in [0.15, 0.2) is 0 Å². The Balaban J connectivity index is 1.92. The quantitative estimate of drug-likeness (QED) is 0.669. The molecule has 0 saturated carbocycles. The lowest BCUT2D eigenvalue weighted by atomic mass is 10.2. The number of para-hydroxylation sites is 1. The largest absolute Gasteiger partial charge is 0.497 e. The van der Waals surface area contributed by atoms with Gasteiger partial charge in [-0.1, -0.05) is 30.3 Å². The maximum atomic E-state index is 10.4. The van der Waals surface area contributed by atoms with Gasteiger partial charge in [0.2, 0.25) is 0 Å². The van der Waals surface area contributed by atoms with E-state index >= 15 is 0 Å². The number of hydrogen-bond donors (Lipinski definition) is 1. The molecular formula is C21H29NO4. The summed E-state index contributed by atoms with van der Waals surface area (Å²) in [6.07, 6.45) is -0.586. The van der Waals surface area contributed by atoms with Crippen molar-refractivity contribution >= 4 is 0 Å². The van der Waals surface area contributed by atoms with Gasteiger partial charge in [0, 0.05) is 26.7 Å². The molecule has 1 atom stereocenters. The van der Waals surface area contributed by atoms with E-state index in [1.807, 2.05) is 49.4 Å². The van der Waals surface area contributed by atoms with Crippen molar-refractivity contribution in [2.24, 2.45) is 0 Å². The van der Waals surface area contributed by atoms with Gasteiger partial charge in [-0.2, -0.15) is 0 Å². The molecule has 26 heavy (non-hydrogen) atoms. The summed E-state index contributed by atoms with van der Waals surface area (Å²) in [6.45, 7) is 4.81. The summed E-state index contributed by atoms with van der Waals surface area (Å²) >= 11 is 0. The second-order valence-electron chi connectivity index (χ2n) is 6.31. The standard InChI is InChI=1S/C21H29NO4/c1-17-7-4-5-10-21(17)26-16-19(23)15-22(11-12-24-2)14-18-8-6-9-20(13-18)25-3/h4-10,13,19,23H,11-12,14-16H2,1-3H3/t19-/m0/s1. The number of ether oxygens (including phenoxy) is 3. The smallest absolute Gasteiger partial charge is 0.122 e. The van der Waals surface area contributed by atoms with E-state index in [1.54, 1.807) is 14.2 Å². The summed E-state index contributed by atoms with van der Waals surface area (Å²) in [7, 11) is 3.34. The van der Waals surface area contributed by atoms with Crippen LogP contribution in [-0.2, 0) is 11.3 Å². The number of benzene rings is 2. The van der Waals surface area contributed by atoms with Gasteiger partial charge in [-0.05, 0) is 36.2 Å². The minimum atomic E-state index is -0.586. The summed E-state index contributed by atoms with van der Waals surface area (Å²) in [5, 5.41) is 10.4. The van der Waals surface area contributed by atoms with Gasteiger partial charge in [0.1, 0.15) is 24.2 Å². The Morgan fingerprint density at radius 2 is 1.88 bits per heavy atom. The predicted octanol–water partition coefficient (Wildman–Crippen LogP) is 2.89. The van der Waals surface area contributed by atoms with Crippen LogP contribution in [0.4, 0.5) is 0 Å². The van der Waals surface area contributed by atoms with Gasteiger partial charge in [-0.25, -0.2) is 0 Å². The van der Waals surface area contributed by atoms with Gasteiger partial charge in [-0.3, -0.25) is 4.90 Å². The summed E-state index contributed by atoms with van der Waals surface area (Å²) in [4.78, 5) is 2.16. The van der Waals surface area contributed by atoms with Gasteiger partial charge in [0.05, 0.1) is 13.7 Å². The first kappa shape index (κ1) is 20.2. The highest BCUT2D eigenvalue weighted by Gasteiger charge is 2.14. The van der Waals surface area contributed by atoms with E-state index in [-0.39, 0.29) is 6.61 Å². The van der Waals surface area contributed by atoms with E-state index in [9.17, 15) is 5.11 Å². The van der Waals surface area contributed by atoms with E-state index in [4.69, 9.17) is 14.2 Å². The molecule has 0 aromatic heterocycles. The minimum absolute atomic E-state index is 0.256. The molecule has 0 bridgehead atoms. The molecule has 0 aliphatic rings. The summed E-state index contributed by atoms with van der Waals surface area (Å²) in [5.41, 5.74) is 2.19. The van der Waals surface area contributed by atoms with Gasteiger partial charge in [0.25, 0.3) is 0 Å². The van der Waals surface area contributed by atoms with Crippen LogP contribution in [0, 0.1) is 6.92 Å². The molecule has 142 valence electrons. The zero-order chi connectivity index (χ0) is 18.8. The number of aliphatic hydroxyl groups excluding tert-OH is 1. The number of hydrogen-bond acceptors (Lipinski definition) is 5. The number of aryl methyl sites for hydroxylation is 1. The van der Waals surface area contributed by atoms with Crippen LogP contribution in [0.2, 0.25) is 0 Å². The first-order valence-electron chi connectivity index (χ1n) is 8.83. The highest BCUT2D eigenvalue weighted by atomic mass is 16.5. The Morgan fingerprint density at radius 3 is 2.62 bits per heavy atom. The van der Waals surface area contributed by atoms with Crippen LogP contribution in [0.15, 0.2) is 48.5 Å². The monoisotopic (exact) mass is 359 g/mol. The van der Waals surface area contributed by atoms with Crippen LogP contribution in [0.25, 0.3) is 0 Å². The van der Waals surface area contributed by atoms with Crippen molar-refractivity contribution in [2.45, 2.75) is 19.6 Å². The average molecular weight is 359 g/mol. The van der Waals surface area contributed by atoms with Gasteiger partial charge >= 0.3 is 0 Å². The molecule has 0 aliphatic heterocycles. The van der Waals surface area contributed by atoms with E-state index in [0.29, 0.717) is 19.7 Å². The van der Waals surface area contributed by atoms with Crippen LogP contribution < -0.4 is 9.47 Å². The van der Waals surface area contributed by atoms with Gasteiger partial charge in [-0.15, -0.1) is 0 Å². The van der Waals surface area contributed by atoms with Crippen molar-refractivity contribution in [3.05, 3.63) is 59.7 Å². The first-order chi connectivity index (χ1) is 12.6. The summed E-state index contributed by atoms with van der Waals surface area (Å²) in [5.74, 6) is 1.64. The molecule has 5 heteroatoms. The predicted molar refractivity (Wildman–Crippen MR) is 103 cm³/mol. The molecule has 0 fully saturated rings. The van der Waals surface area contributed by atoms with E-state index in [1.165, 1.54) is 0 Å². The molecule has 2 rings (SSSR count). The lowest BCUT2D eigenvalue weighted by Crippen LogP contribution is -2.37. The molecule has 0 unspecified atom stereocenters.